The number of guanidine groups is 1. The summed E-state index contributed by atoms with van der Waals surface area (Å²) in [7, 11) is 5.98. The molecule has 1 unspecified atom stereocenters. The zero-order chi connectivity index (χ0) is 19.8. The van der Waals surface area contributed by atoms with Crippen molar-refractivity contribution >= 4 is 29.9 Å². The van der Waals surface area contributed by atoms with Crippen LogP contribution in [0.4, 0.5) is 0 Å². The lowest BCUT2D eigenvalue weighted by Crippen LogP contribution is -2.60. The largest absolute Gasteiger partial charge is 0.468 e. The number of ether oxygens (including phenoxy) is 1. The van der Waals surface area contributed by atoms with Crippen LogP contribution in [0.1, 0.15) is 43.9 Å². The number of aliphatic imine (C=N–C) groups is 1. The highest BCUT2D eigenvalue weighted by molar-refractivity contribution is 14.0. The zero-order valence-electron chi connectivity index (χ0n) is 18.2. The van der Waals surface area contributed by atoms with Gasteiger partial charge in [-0.3, -0.25) is 14.8 Å². The minimum Gasteiger partial charge on any atom is -0.468 e. The van der Waals surface area contributed by atoms with E-state index in [1.165, 1.54) is 32.1 Å². The van der Waals surface area contributed by atoms with E-state index >= 15 is 0 Å². The highest BCUT2D eigenvalue weighted by Gasteiger charge is 2.38. The van der Waals surface area contributed by atoms with E-state index in [4.69, 9.17) is 9.15 Å². The number of nitrogens with one attached hydrogen (secondary N) is 2. The molecular weight excluding hydrogens is 481 g/mol. The molecule has 1 aromatic heterocycles. The number of furan rings is 1. The van der Waals surface area contributed by atoms with E-state index in [2.05, 4.69) is 39.5 Å². The van der Waals surface area contributed by atoms with Gasteiger partial charge < -0.3 is 19.8 Å². The molecule has 7 nitrogen and oxygen atoms in total. The molecule has 1 aromatic rings. The Labute approximate surface area is 192 Å². The molecule has 1 aliphatic carbocycles. The Hall–Kier alpha value is -0.840. The molecule has 0 aromatic carbocycles. The fourth-order valence-electron chi connectivity index (χ4n) is 4.53. The predicted molar refractivity (Wildman–Crippen MR) is 128 cm³/mol. The topological polar surface area (TPSA) is 65.3 Å². The standard InChI is InChI=1S/C21H37N5O2.HI/c1-22-20(23-16-18(25(2)3)19-8-7-13-28-19)24-17-21(9-5-4-6-10-21)26-11-14-27-15-12-26;/h7-8,13,18H,4-6,9-12,14-17H2,1-3H3,(H2,22,23,24);1H. The Kier molecular flexibility index (Phi) is 10.2. The molecule has 1 saturated carbocycles. The van der Waals surface area contributed by atoms with Gasteiger partial charge in [0.2, 0.25) is 0 Å². The molecule has 2 N–H and O–H groups in total. The quantitative estimate of drug-likeness (QED) is 0.328. The maximum Gasteiger partial charge on any atom is 0.191 e. The third kappa shape index (κ3) is 6.57. The van der Waals surface area contributed by atoms with Gasteiger partial charge in [0.25, 0.3) is 0 Å². The predicted octanol–water partition coefficient (Wildman–Crippen LogP) is 2.70. The lowest BCUT2D eigenvalue weighted by molar-refractivity contribution is -0.0352. The Balaban J connectivity index is 0.00000300. The van der Waals surface area contributed by atoms with Crippen LogP contribution in [-0.2, 0) is 4.74 Å². The number of rotatable bonds is 7. The van der Waals surface area contributed by atoms with Crippen molar-refractivity contribution < 1.29 is 9.15 Å². The first kappa shape index (κ1) is 24.4. The van der Waals surface area contributed by atoms with E-state index in [0.29, 0.717) is 0 Å². The summed E-state index contributed by atoms with van der Waals surface area (Å²) in [6.07, 6.45) is 8.22. The molecule has 1 atom stereocenters. The number of nitrogens with zero attached hydrogens (tertiary/aromatic N) is 3. The first-order valence-corrected chi connectivity index (χ1v) is 10.6. The van der Waals surface area contributed by atoms with Crippen LogP contribution in [0.3, 0.4) is 0 Å². The average Bonchev–Trinajstić information content (AvgIpc) is 3.26. The normalized spacial score (nSPS) is 21.4. The number of morpholine rings is 1. The van der Waals surface area contributed by atoms with Gasteiger partial charge in [0.05, 0.1) is 25.5 Å². The van der Waals surface area contributed by atoms with Gasteiger partial charge in [-0.15, -0.1) is 24.0 Å². The van der Waals surface area contributed by atoms with Crippen LogP contribution in [0, 0.1) is 0 Å². The summed E-state index contributed by atoms with van der Waals surface area (Å²) in [5.74, 6) is 1.82. The van der Waals surface area contributed by atoms with Crippen LogP contribution in [0.5, 0.6) is 0 Å². The fourth-order valence-corrected chi connectivity index (χ4v) is 4.53. The third-order valence-electron chi connectivity index (χ3n) is 6.23. The number of hydrogen-bond donors (Lipinski definition) is 2. The molecule has 1 aliphatic heterocycles. The molecule has 0 amide bonds. The molecule has 3 rings (SSSR count). The zero-order valence-corrected chi connectivity index (χ0v) is 20.5. The van der Waals surface area contributed by atoms with E-state index in [1.54, 1.807) is 6.26 Å². The lowest BCUT2D eigenvalue weighted by atomic mass is 9.80. The van der Waals surface area contributed by atoms with Crippen LogP contribution in [0.15, 0.2) is 27.8 Å². The summed E-state index contributed by atoms with van der Waals surface area (Å²) < 4.78 is 11.2. The van der Waals surface area contributed by atoms with E-state index in [9.17, 15) is 0 Å². The molecule has 2 aliphatic rings. The minimum atomic E-state index is 0. The van der Waals surface area contributed by atoms with Gasteiger partial charge >= 0.3 is 0 Å². The first-order valence-electron chi connectivity index (χ1n) is 10.6. The summed E-state index contributed by atoms with van der Waals surface area (Å²) in [5.41, 5.74) is 0.224. The van der Waals surface area contributed by atoms with Gasteiger partial charge in [0.15, 0.2) is 5.96 Å². The maximum atomic E-state index is 5.61. The molecule has 0 spiro atoms. The van der Waals surface area contributed by atoms with Crippen LogP contribution < -0.4 is 10.6 Å². The molecule has 1 saturated heterocycles. The second kappa shape index (κ2) is 12.1. The van der Waals surface area contributed by atoms with Crippen molar-refractivity contribution in [3.63, 3.8) is 0 Å². The molecule has 0 radical (unpaired) electrons. The number of hydrogen-bond acceptors (Lipinski definition) is 5. The molecular formula is C21H38IN5O2. The van der Waals surface area contributed by atoms with Gasteiger partial charge in [-0.05, 0) is 39.1 Å². The Morgan fingerprint density at radius 3 is 2.52 bits per heavy atom. The molecule has 166 valence electrons. The smallest absolute Gasteiger partial charge is 0.191 e. The van der Waals surface area contributed by atoms with Gasteiger partial charge in [-0.1, -0.05) is 19.3 Å². The molecule has 8 heteroatoms. The highest BCUT2D eigenvalue weighted by atomic mass is 127. The summed E-state index contributed by atoms with van der Waals surface area (Å²) in [6, 6.07) is 4.13. The molecule has 0 bridgehead atoms. The van der Waals surface area contributed by atoms with Crippen molar-refractivity contribution in [1.82, 2.24) is 20.4 Å². The third-order valence-corrected chi connectivity index (χ3v) is 6.23. The molecule has 29 heavy (non-hydrogen) atoms. The van der Waals surface area contributed by atoms with E-state index in [1.807, 2.05) is 19.2 Å². The summed E-state index contributed by atoms with van der Waals surface area (Å²) in [4.78, 5) is 9.28. The van der Waals surface area contributed by atoms with Gasteiger partial charge in [0, 0.05) is 38.8 Å². The fraction of sp³-hybridized carbons (Fsp3) is 0.762. The van der Waals surface area contributed by atoms with Crippen molar-refractivity contribution in [1.29, 1.82) is 0 Å². The van der Waals surface area contributed by atoms with E-state index in [-0.39, 0.29) is 35.6 Å². The summed E-state index contributed by atoms with van der Waals surface area (Å²) in [6.45, 7) is 5.44. The molecule has 2 heterocycles. The van der Waals surface area contributed by atoms with Crippen LogP contribution in [0.2, 0.25) is 0 Å². The van der Waals surface area contributed by atoms with Crippen molar-refractivity contribution in [3.8, 4) is 0 Å². The lowest BCUT2D eigenvalue weighted by Gasteiger charge is -2.48. The van der Waals surface area contributed by atoms with Crippen LogP contribution >= 0.6 is 24.0 Å². The van der Waals surface area contributed by atoms with Crippen LogP contribution in [0.25, 0.3) is 0 Å². The summed E-state index contributed by atoms with van der Waals surface area (Å²) in [5, 5.41) is 7.12. The van der Waals surface area contributed by atoms with Gasteiger partial charge in [-0.2, -0.15) is 0 Å². The Morgan fingerprint density at radius 1 is 1.21 bits per heavy atom. The average molecular weight is 519 g/mol. The summed E-state index contributed by atoms with van der Waals surface area (Å²) >= 11 is 0. The van der Waals surface area contributed by atoms with Gasteiger partial charge in [-0.25, -0.2) is 0 Å². The molecule has 2 fully saturated rings. The maximum absolute atomic E-state index is 5.61. The minimum absolute atomic E-state index is 0. The number of likely N-dealkylation sites (N-methyl/N-ethyl adjacent to an activating group) is 1. The van der Waals surface area contributed by atoms with Gasteiger partial charge in [0.1, 0.15) is 5.76 Å². The van der Waals surface area contributed by atoms with Crippen LogP contribution in [-0.4, -0.2) is 81.8 Å². The SMILES string of the molecule is CN=C(NCC(c1ccco1)N(C)C)NCC1(N2CCOCC2)CCCCC1.I. The van der Waals surface area contributed by atoms with E-state index in [0.717, 1.165) is 51.1 Å². The Morgan fingerprint density at radius 2 is 1.93 bits per heavy atom. The second-order valence-corrected chi connectivity index (χ2v) is 8.19. The second-order valence-electron chi connectivity index (χ2n) is 8.19. The van der Waals surface area contributed by atoms with Crippen molar-refractivity contribution in [3.05, 3.63) is 24.2 Å². The monoisotopic (exact) mass is 519 g/mol. The van der Waals surface area contributed by atoms with Crippen molar-refractivity contribution in [2.75, 3.05) is 60.5 Å². The number of halogens is 1. The van der Waals surface area contributed by atoms with E-state index < -0.39 is 0 Å². The first-order chi connectivity index (χ1) is 13.6. The van der Waals surface area contributed by atoms with Crippen molar-refractivity contribution in [2.45, 2.75) is 43.7 Å². The highest BCUT2D eigenvalue weighted by Crippen LogP contribution is 2.33. The Bertz CT molecular complexity index is 596. The van der Waals surface area contributed by atoms with Crippen molar-refractivity contribution in [2.24, 2.45) is 4.99 Å².